The number of thiazole rings is 1. The highest BCUT2D eigenvalue weighted by atomic mass is 35.5. The SMILES string of the molecule is COC(=O)c1ccc2sc(Sc3c(Cl)cc([N+](=O)[O-])cc3Cl)nc2c1. The monoisotopic (exact) mass is 414 g/mol. The zero-order valence-electron chi connectivity index (χ0n) is 12.5. The van der Waals surface area contributed by atoms with E-state index >= 15 is 0 Å². The number of methoxy groups -OCH3 is 1. The number of nitrogens with zero attached hydrogens (tertiary/aromatic N) is 2. The molecule has 0 unspecified atom stereocenters. The van der Waals surface area contributed by atoms with E-state index in [0.717, 1.165) is 4.70 Å². The highest BCUT2D eigenvalue weighted by molar-refractivity contribution is 8.01. The summed E-state index contributed by atoms with van der Waals surface area (Å²) in [5.74, 6) is -0.439. The van der Waals surface area contributed by atoms with Crippen molar-refractivity contribution in [3.05, 3.63) is 56.1 Å². The van der Waals surface area contributed by atoms with Gasteiger partial charge in [0.15, 0.2) is 4.34 Å². The number of hydrogen-bond acceptors (Lipinski definition) is 7. The minimum absolute atomic E-state index is 0.175. The molecule has 0 spiro atoms. The summed E-state index contributed by atoms with van der Waals surface area (Å²) in [6, 6.07) is 7.58. The molecule has 0 fully saturated rings. The van der Waals surface area contributed by atoms with Crippen molar-refractivity contribution in [3.8, 4) is 0 Å². The number of fused-ring (bicyclic) bond motifs is 1. The smallest absolute Gasteiger partial charge is 0.337 e. The fourth-order valence-electron chi connectivity index (χ4n) is 2.03. The van der Waals surface area contributed by atoms with Gasteiger partial charge in [-0.25, -0.2) is 9.78 Å². The largest absolute Gasteiger partial charge is 0.465 e. The summed E-state index contributed by atoms with van der Waals surface area (Å²) in [4.78, 5) is 26.8. The molecule has 128 valence electrons. The molecule has 3 aromatic rings. The van der Waals surface area contributed by atoms with Gasteiger partial charge >= 0.3 is 5.97 Å². The third-order valence-corrected chi connectivity index (χ3v) is 6.23. The van der Waals surface area contributed by atoms with E-state index in [1.165, 1.54) is 42.3 Å². The van der Waals surface area contributed by atoms with Crippen LogP contribution in [0.3, 0.4) is 0 Å². The Hall–Kier alpha value is -1.87. The van der Waals surface area contributed by atoms with Crippen molar-refractivity contribution in [2.24, 2.45) is 0 Å². The normalized spacial score (nSPS) is 10.8. The van der Waals surface area contributed by atoms with Crippen LogP contribution in [0.25, 0.3) is 10.2 Å². The Balaban J connectivity index is 1.96. The molecule has 0 atom stereocenters. The summed E-state index contributed by atoms with van der Waals surface area (Å²) in [5, 5.41) is 11.2. The summed E-state index contributed by atoms with van der Waals surface area (Å²) in [7, 11) is 1.31. The Kier molecular flexibility index (Phi) is 5.14. The van der Waals surface area contributed by atoms with Crippen LogP contribution in [0.1, 0.15) is 10.4 Å². The maximum Gasteiger partial charge on any atom is 0.337 e. The van der Waals surface area contributed by atoms with E-state index in [1.807, 2.05) is 0 Å². The molecule has 0 N–H and O–H groups in total. The number of carbonyl (C=O) groups excluding carboxylic acids is 1. The van der Waals surface area contributed by atoms with E-state index in [-0.39, 0.29) is 15.7 Å². The first-order valence-corrected chi connectivity index (χ1v) is 9.08. The van der Waals surface area contributed by atoms with Crippen molar-refractivity contribution < 1.29 is 14.5 Å². The summed E-state index contributed by atoms with van der Waals surface area (Å²) >= 11 is 14.8. The second-order valence-corrected chi connectivity index (χ2v) is 7.85. The first kappa shape index (κ1) is 17.9. The van der Waals surface area contributed by atoms with Gasteiger partial charge in [0, 0.05) is 12.1 Å². The molecule has 0 amide bonds. The molecule has 0 saturated carbocycles. The number of halogens is 2. The summed E-state index contributed by atoms with van der Waals surface area (Å²) in [6.07, 6.45) is 0. The fourth-order valence-corrected chi connectivity index (χ4v) is 4.73. The number of carbonyl (C=O) groups is 1. The highest BCUT2D eigenvalue weighted by Crippen LogP contribution is 2.43. The van der Waals surface area contributed by atoms with E-state index in [1.54, 1.807) is 18.2 Å². The molecular weight excluding hydrogens is 407 g/mol. The second-order valence-electron chi connectivity index (χ2n) is 4.75. The molecule has 0 radical (unpaired) electrons. The number of rotatable bonds is 4. The van der Waals surface area contributed by atoms with Gasteiger partial charge in [-0.3, -0.25) is 10.1 Å². The number of non-ortho nitro benzene ring substituents is 1. The molecule has 1 aromatic heterocycles. The van der Waals surface area contributed by atoms with Gasteiger partial charge in [-0.15, -0.1) is 11.3 Å². The van der Waals surface area contributed by atoms with Crippen molar-refractivity contribution in [1.29, 1.82) is 0 Å². The highest BCUT2D eigenvalue weighted by Gasteiger charge is 2.17. The van der Waals surface area contributed by atoms with Crippen molar-refractivity contribution in [2.75, 3.05) is 7.11 Å². The van der Waals surface area contributed by atoms with Crippen LogP contribution in [-0.2, 0) is 4.74 Å². The molecule has 25 heavy (non-hydrogen) atoms. The zero-order valence-corrected chi connectivity index (χ0v) is 15.6. The van der Waals surface area contributed by atoms with Gasteiger partial charge in [-0.05, 0) is 18.2 Å². The maximum atomic E-state index is 11.6. The quantitative estimate of drug-likeness (QED) is 0.320. The molecule has 1 heterocycles. The third kappa shape index (κ3) is 3.72. The second kappa shape index (κ2) is 7.17. The Morgan fingerprint density at radius 1 is 1.28 bits per heavy atom. The van der Waals surface area contributed by atoms with E-state index in [0.29, 0.717) is 20.3 Å². The maximum absolute atomic E-state index is 11.6. The van der Waals surface area contributed by atoms with E-state index < -0.39 is 10.9 Å². The lowest BCUT2D eigenvalue weighted by atomic mass is 10.2. The van der Waals surface area contributed by atoms with Crippen LogP contribution in [0, 0.1) is 10.1 Å². The molecule has 6 nitrogen and oxygen atoms in total. The molecule has 0 aliphatic heterocycles. The van der Waals surface area contributed by atoms with Gasteiger partial charge in [0.05, 0.1) is 42.8 Å². The first-order valence-electron chi connectivity index (χ1n) is 6.69. The van der Waals surface area contributed by atoms with Gasteiger partial charge < -0.3 is 4.74 Å². The van der Waals surface area contributed by atoms with Crippen LogP contribution >= 0.6 is 46.3 Å². The van der Waals surface area contributed by atoms with Crippen LogP contribution in [-0.4, -0.2) is 23.0 Å². The minimum atomic E-state index is -0.557. The number of nitro benzene ring substituents is 1. The minimum Gasteiger partial charge on any atom is -0.465 e. The Morgan fingerprint density at radius 3 is 2.56 bits per heavy atom. The fraction of sp³-hybridized carbons (Fsp3) is 0.0667. The molecule has 10 heteroatoms. The van der Waals surface area contributed by atoms with Gasteiger partial charge in [-0.2, -0.15) is 0 Å². The molecule has 3 rings (SSSR count). The summed E-state index contributed by atoms with van der Waals surface area (Å²) in [5.41, 5.74) is 0.874. The van der Waals surface area contributed by atoms with Crippen LogP contribution in [0.2, 0.25) is 10.0 Å². The molecule has 0 bridgehead atoms. The van der Waals surface area contributed by atoms with Crippen molar-refractivity contribution in [2.45, 2.75) is 9.24 Å². The van der Waals surface area contributed by atoms with Gasteiger partial charge in [0.1, 0.15) is 0 Å². The standard InChI is InChI=1S/C15H8Cl2N2O4S2/c1-23-14(20)7-2-3-12-11(4-7)18-15(24-12)25-13-9(16)5-8(19(21)22)6-10(13)17/h2-6H,1H3. The molecular formula is C15H8Cl2N2O4S2. The van der Waals surface area contributed by atoms with Crippen LogP contribution < -0.4 is 0 Å². The lowest BCUT2D eigenvalue weighted by molar-refractivity contribution is -0.384. The number of nitro groups is 1. The average Bonchev–Trinajstić information content (AvgIpc) is 2.98. The lowest BCUT2D eigenvalue weighted by Crippen LogP contribution is -2.00. The first-order chi connectivity index (χ1) is 11.9. The Labute approximate surface area is 159 Å². The number of ether oxygens (including phenoxy) is 1. The number of aromatic nitrogens is 1. The Bertz CT molecular complexity index is 983. The third-order valence-electron chi connectivity index (χ3n) is 3.17. The van der Waals surface area contributed by atoms with Gasteiger partial charge in [0.25, 0.3) is 5.69 Å². The van der Waals surface area contributed by atoms with Crippen LogP contribution in [0.4, 0.5) is 5.69 Å². The lowest BCUT2D eigenvalue weighted by Gasteiger charge is -2.04. The van der Waals surface area contributed by atoms with Gasteiger partial charge in [-0.1, -0.05) is 35.0 Å². The predicted molar refractivity (Wildman–Crippen MR) is 98.2 cm³/mol. The number of esters is 1. The van der Waals surface area contributed by atoms with Crippen molar-refractivity contribution >= 4 is 68.2 Å². The van der Waals surface area contributed by atoms with Crippen LogP contribution in [0.15, 0.2) is 39.6 Å². The predicted octanol–water partition coefficient (Wildman–Crippen LogP) is 5.45. The van der Waals surface area contributed by atoms with E-state index in [4.69, 9.17) is 27.9 Å². The Morgan fingerprint density at radius 2 is 1.96 bits per heavy atom. The zero-order chi connectivity index (χ0) is 18.1. The number of hydrogen-bond donors (Lipinski definition) is 0. The van der Waals surface area contributed by atoms with Gasteiger partial charge in [0.2, 0.25) is 0 Å². The summed E-state index contributed by atoms with van der Waals surface area (Å²) < 4.78 is 6.22. The van der Waals surface area contributed by atoms with Crippen molar-refractivity contribution in [1.82, 2.24) is 4.98 Å². The van der Waals surface area contributed by atoms with Crippen LogP contribution in [0.5, 0.6) is 0 Å². The molecule has 0 aliphatic rings. The molecule has 0 saturated heterocycles. The summed E-state index contributed by atoms with van der Waals surface area (Å²) in [6.45, 7) is 0. The van der Waals surface area contributed by atoms with E-state index in [2.05, 4.69) is 4.98 Å². The molecule has 0 aliphatic carbocycles. The topological polar surface area (TPSA) is 82.3 Å². The molecule has 2 aromatic carbocycles. The average molecular weight is 415 g/mol. The van der Waals surface area contributed by atoms with Crippen molar-refractivity contribution in [3.63, 3.8) is 0 Å². The number of benzene rings is 2. The van der Waals surface area contributed by atoms with E-state index in [9.17, 15) is 14.9 Å².